The van der Waals surface area contributed by atoms with Crippen molar-refractivity contribution >= 4 is 34.1 Å². The number of rotatable bonds is 0. The maximum absolute atomic E-state index is 8.74. The standard InChI is InChI=1S/C8H6IN5/c1-4-6(9)8-12-3-5(2-10)7(11)14(8)13-4/h3H,11H2,1H3. The predicted molar refractivity (Wildman–Crippen MR) is 59.6 cm³/mol. The maximum atomic E-state index is 8.74. The van der Waals surface area contributed by atoms with E-state index in [1.54, 1.807) is 0 Å². The van der Waals surface area contributed by atoms with Gasteiger partial charge in [-0.2, -0.15) is 14.9 Å². The van der Waals surface area contributed by atoms with Gasteiger partial charge in [0, 0.05) is 0 Å². The lowest BCUT2D eigenvalue weighted by Gasteiger charge is -1.99. The third-order valence-corrected chi connectivity index (χ3v) is 3.17. The highest BCUT2D eigenvalue weighted by molar-refractivity contribution is 14.1. The first kappa shape index (κ1) is 9.21. The molecule has 6 heteroatoms. The quantitative estimate of drug-likeness (QED) is 0.739. The van der Waals surface area contributed by atoms with Gasteiger partial charge in [0.2, 0.25) is 0 Å². The predicted octanol–water partition coefficient (Wildman–Crippen LogP) is 1.10. The highest BCUT2D eigenvalue weighted by atomic mass is 127. The number of aromatic nitrogens is 3. The van der Waals surface area contributed by atoms with E-state index in [4.69, 9.17) is 11.0 Å². The van der Waals surface area contributed by atoms with Crippen LogP contribution in [0.3, 0.4) is 0 Å². The summed E-state index contributed by atoms with van der Waals surface area (Å²) >= 11 is 2.15. The molecule has 0 amide bonds. The Hall–Kier alpha value is -1.36. The molecular weight excluding hydrogens is 293 g/mol. The summed E-state index contributed by atoms with van der Waals surface area (Å²) in [6.07, 6.45) is 1.47. The van der Waals surface area contributed by atoms with Gasteiger partial charge in [0.15, 0.2) is 5.65 Å². The summed E-state index contributed by atoms with van der Waals surface area (Å²) in [4.78, 5) is 4.12. The lowest BCUT2D eigenvalue weighted by Crippen LogP contribution is -2.03. The number of nitrogens with zero attached hydrogens (tertiary/aromatic N) is 4. The van der Waals surface area contributed by atoms with E-state index in [1.807, 2.05) is 13.0 Å². The largest absolute Gasteiger partial charge is 0.382 e. The molecule has 0 fully saturated rings. The minimum absolute atomic E-state index is 0.337. The average molecular weight is 299 g/mol. The molecule has 0 spiro atoms. The minimum Gasteiger partial charge on any atom is -0.382 e. The molecule has 0 saturated carbocycles. The number of aryl methyl sites for hydroxylation is 1. The summed E-state index contributed by atoms with van der Waals surface area (Å²) in [5.41, 5.74) is 7.65. The lowest BCUT2D eigenvalue weighted by molar-refractivity contribution is 0.925. The lowest BCUT2D eigenvalue weighted by atomic mass is 10.3. The van der Waals surface area contributed by atoms with Gasteiger partial charge in [-0.15, -0.1) is 0 Å². The molecule has 14 heavy (non-hydrogen) atoms. The summed E-state index contributed by atoms with van der Waals surface area (Å²) in [7, 11) is 0. The van der Waals surface area contributed by atoms with Gasteiger partial charge in [-0.25, -0.2) is 4.98 Å². The van der Waals surface area contributed by atoms with Crippen LogP contribution in [0.1, 0.15) is 11.3 Å². The van der Waals surface area contributed by atoms with Gasteiger partial charge in [-0.1, -0.05) is 0 Å². The molecule has 2 aromatic heterocycles. The highest BCUT2D eigenvalue weighted by Crippen LogP contribution is 2.19. The van der Waals surface area contributed by atoms with E-state index in [2.05, 4.69) is 32.7 Å². The fourth-order valence-corrected chi connectivity index (χ4v) is 1.64. The van der Waals surface area contributed by atoms with Crippen LogP contribution in [0.15, 0.2) is 6.20 Å². The van der Waals surface area contributed by atoms with Crippen LogP contribution < -0.4 is 5.73 Å². The van der Waals surface area contributed by atoms with Crippen LogP contribution >= 0.6 is 22.6 Å². The van der Waals surface area contributed by atoms with Crippen LogP contribution in [0.5, 0.6) is 0 Å². The molecule has 70 valence electrons. The molecule has 0 aliphatic heterocycles. The Balaban J connectivity index is 2.92. The van der Waals surface area contributed by atoms with Gasteiger partial charge in [-0.3, -0.25) is 0 Å². The molecule has 0 unspecified atom stereocenters. The Morgan fingerprint density at radius 2 is 2.36 bits per heavy atom. The van der Waals surface area contributed by atoms with Crippen LogP contribution in [0.25, 0.3) is 5.65 Å². The maximum Gasteiger partial charge on any atom is 0.171 e. The molecule has 0 saturated heterocycles. The molecule has 2 N–H and O–H groups in total. The van der Waals surface area contributed by atoms with Crippen LogP contribution in [-0.4, -0.2) is 14.6 Å². The number of halogens is 1. The fourth-order valence-electron chi connectivity index (χ4n) is 1.17. The second-order valence-corrected chi connectivity index (χ2v) is 3.88. The van der Waals surface area contributed by atoms with Crippen molar-refractivity contribution in [2.24, 2.45) is 0 Å². The van der Waals surface area contributed by atoms with Gasteiger partial charge >= 0.3 is 0 Å². The van der Waals surface area contributed by atoms with Crippen LogP contribution in [0, 0.1) is 21.8 Å². The van der Waals surface area contributed by atoms with E-state index in [9.17, 15) is 0 Å². The average Bonchev–Trinajstić information content (AvgIpc) is 2.46. The van der Waals surface area contributed by atoms with Crippen molar-refractivity contribution in [2.45, 2.75) is 6.92 Å². The molecule has 2 heterocycles. The Kier molecular flexibility index (Phi) is 2.03. The van der Waals surface area contributed by atoms with Crippen molar-refractivity contribution < 1.29 is 0 Å². The molecular formula is C8H6IN5. The molecule has 0 radical (unpaired) electrons. The Morgan fingerprint density at radius 1 is 1.64 bits per heavy atom. The number of nitrogens with two attached hydrogens (primary N) is 1. The fraction of sp³-hybridized carbons (Fsp3) is 0.125. The topological polar surface area (TPSA) is 80.0 Å². The molecule has 2 aromatic rings. The molecule has 0 aliphatic carbocycles. The van der Waals surface area contributed by atoms with Crippen molar-refractivity contribution in [3.8, 4) is 6.07 Å². The van der Waals surface area contributed by atoms with Crippen molar-refractivity contribution in [1.29, 1.82) is 5.26 Å². The normalized spacial score (nSPS) is 10.4. The molecule has 2 rings (SSSR count). The third-order valence-electron chi connectivity index (χ3n) is 1.91. The number of fused-ring (bicyclic) bond motifs is 1. The third kappa shape index (κ3) is 1.13. The zero-order valence-electron chi connectivity index (χ0n) is 7.32. The van der Waals surface area contributed by atoms with E-state index in [0.29, 0.717) is 17.0 Å². The smallest absolute Gasteiger partial charge is 0.171 e. The summed E-state index contributed by atoms with van der Waals surface area (Å²) < 4.78 is 2.45. The zero-order valence-corrected chi connectivity index (χ0v) is 9.48. The van der Waals surface area contributed by atoms with Gasteiger partial charge < -0.3 is 5.73 Å². The molecule has 0 atom stereocenters. The Labute approximate surface area is 93.7 Å². The Morgan fingerprint density at radius 3 is 3.00 bits per heavy atom. The first-order valence-electron chi connectivity index (χ1n) is 3.84. The van der Waals surface area contributed by atoms with Crippen molar-refractivity contribution in [1.82, 2.24) is 14.6 Å². The highest BCUT2D eigenvalue weighted by Gasteiger charge is 2.11. The first-order chi connectivity index (χ1) is 6.65. The summed E-state index contributed by atoms with van der Waals surface area (Å²) in [5.74, 6) is 0.337. The van der Waals surface area contributed by atoms with Crippen LogP contribution in [0.4, 0.5) is 5.82 Å². The van der Waals surface area contributed by atoms with E-state index in [0.717, 1.165) is 9.26 Å². The van der Waals surface area contributed by atoms with Gasteiger partial charge in [-0.05, 0) is 29.5 Å². The van der Waals surface area contributed by atoms with Crippen molar-refractivity contribution in [2.75, 3.05) is 5.73 Å². The number of nitrogen functional groups attached to an aromatic ring is 1. The van der Waals surface area contributed by atoms with Gasteiger partial charge in [0.25, 0.3) is 0 Å². The van der Waals surface area contributed by atoms with Gasteiger partial charge in [0.05, 0.1) is 15.5 Å². The van der Waals surface area contributed by atoms with E-state index < -0.39 is 0 Å². The van der Waals surface area contributed by atoms with E-state index in [-0.39, 0.29) is 0 Å². The number of anilines is 1. The van der Waals surface area contributed by atoms with Crippen LogP contribution in [-0.2, 0) is 0 Å². The summed E-state index contributed by atoms with van der Waals surface area (Å²) in [6.45, 7) is 1.88. The molecule has 0 aromatic carbocycles. The SMILES string of the molecule is Cc1nn2c(N)c(C#N)cnc2c1I. The first-order valence-corrected chi connectivity index (χ1v) is 4.92. The van der Waals surface area contributed by atoms with Crippen molar-refractivity contribution in [3.63, 3.8) is 0 Å². The molecule has 5 nitrogen and oxygen atoms in total. The summed E-state index contributed by atoms with van der Waals surface area (Å²) in [5, 5.41) is 12.9. The number of hydrogen-bond acceptors (Lipinski definition) is 4. The van der Waals surface area contributed by atoms with Gasteiger partial charge in [0.1, 0.15) is 17.5 Å². The monoisotopic (exact) mass is 299 g/mol. The second-order valence-electron chi connectivity index (χ2n) is 2.80. The van der Waals surface area contributed by atoms with Crippen molar-refractivity contribution in [3.05, 3.63) is 21.0 Å². The Bertz CT molecular complexity index is 551. The number of hydrogen-bond donors (Lipinski definition) is 1. The second kappa shape index (κ2) is 3.09. The van der Waals surface area contributed by atoms with Crippen LogP contribution in [0.2, 0.25) is 0 Å². The van der Waals surface area contributed by atoms with E-state index >= 15 is 0 Å². The molecule has 0 aliphatic rings. The molecule has 0 bridgehead atoms. The van der Waals surface area contributed by atoms with E-state index in [1.165, 1.54) is 10.7 Å². The minimum atomic E-state index is 0.337. The summed E-state index contributed by atoms with van der Waals surface area (Å²) in [6, 6.07) is 1.97. The zero-order chi connectivity index (χ0) is 10.3. The number of nitriles is 1.